The van der Waals surface area contributed by atoms with Crippen LogP contribution in [-0.4, -0.2) is 33.6 Å². The number of hydrogen-bond acceptors (Lipinski definition) is 7. The lowest BCUT2D eigenvalue weighted by Gasteiger charge is -2.28. The molecule has 4 rings (SSSR count). The number of aromatic nitrogens is 3. The number of benzene rings is 1. The van der Waals surface area contributed by atoms with Gasteiger partial charge < -0.3 is 19.5 Å². The van der Waals surface area contributed by atoms with E-state index in [0.717, 1.165) is 5.56 Å². The van der Waals surface area contributed by atoms with Crippen LogP contribution < -0.4 is 14.8 Å². The van der Waals surface area contributed by atoms with Crippen molar-refractivity contribution in [1.29, 1.82) is 0 Å². The molecule has 3 heterocycles. The molecule has 0 saturated heterocycles. The van der Waals surface area contributed by atoms with Crippen LogP contribution in [0, 0.1) is 0 Å². The number of carbonyl (C=O) groups is 1. The van der Waals surface area contributed by atoms with Gasteiger partial charge >= 0.3 is 5.97 Å². The summed E-state index contributed by atoms with van der Waals surface area (Å²) in [5.41, 5.74) is 2.02. The molecule has 2 aliphatic rings. The number of fused-ring (bicyclic) bond motifs is 2. The summed E-state index contributed by atoms with van der Waals surface area (Å²) < 4.78 is 18.0. The predicted octanol–water partition coefficient (Wildman–Crippen LogP) is 2.25. The van der Waals surface area contributed by atoms with Gasteiger partial charge in [-0.15, -0.1) is 0 Å². The topological polar surface area (TPSA) is 87.5 Å². The van der Waals surface area contributed by atoms with Crippen molar-refractivity contribution >= 4 is 11.9 Å². The number of hydrogen-bond donors (Lipinski definition) is 1. The monoisotopic (exact) mass is 342 g/mol. The number of carbonyl (C=O) groups excluding carboxylic acids is 1. The molecule has 0 radical (unpaired) electrons. The number of ether oxygens (including phenoxy) is 3. The molecule has 130 valence electrons. The SMILES string of the molecule is CC1=C(C(=O)OC(C)C)[C@@H](c2ccc3c(c2)OCO3)n2ncnc2N1. The van der Waals surface area contributed by atoms with E-state index in [-0.39, 0.29) is 18.9 Å². The zero-order chi connectivity index (χ0) is 17.6. The van der Waals surface area contributed by atoms with Gasteiger partial charge in [0.05, 0.1) is 11.7 Å². The Morgan fingerprint density at radius 2 is 2.16 bits per heavy atom. The molecule has 0 unspecified atom stereocenters. The highest BCUT2D eigenvalue weighted by Crippen LogP contribution is 2.40. The minimum atomic E-state index is -0.459. The van der Waals surface area contributed by atoms with Crippen LogP contribution in [0.5, 0.6) is 11.5 Å². The van der Waals surface area contributed by atoms with E-state index < -0.39 is 6.04 Å². The molecule has 2 aromatic rings. The molecule has 2 aliphatic heterocycles. The van der Waals surface area contributed by atoms with Crippen molar-refractivity contribution in [3.05, 3.63) is 41.4 Å². The number of rotatable bonds is 3. The zero-order valence-electron chi connectivity index (χ0n) is 14.1. The highest BCUT2D eigenvalue weighted by molar-refractivity contribution is 5.92. The second kappa shape index (κ2) is 5.80. The Bertz CT molecular complexity index is 871. The highest BCUT2D eigenvalue weighted by Gasteiger charge is 2.35. The summed E-state index contributed by atoms with van der Waals surface area (Å²) in [5.74, 6) is 1.51. The van der Waals surface area contributed by atoms with Gasteiger partial charge in [0, 0.05) is 5.70 Å². The largest absolute Gasteiger partial charge is 0.459 e. The summed E-state index contributed by atoms with van der Waals surface area (Å²) in [4.78, 5) is 16.9. The fourth-order valence-corrected chi connectivity index (χ4v) is 3.02. The van der Waals surface area contributed by atoms with Crippen molar-refractivity contribution in [3.8, 4) is 11.5 Å². The number of nitrogens with zero attached hydrogens (tertiary/aromatic N) is 3. The Labute approximate surface area is 144 Å². The summed E-state index contributed by atoms with van der Waals surface area (Å²) in [5, 5.41) is 7.39. The van der Waals surface area contributed by atoms with Crippen molar-refractivity contribution in [3.63, 3.8) is 0 Å². The molecule has 1 aromatic carbocycles. The standard InChI is InChI=1S/C17H18N4O4/c1-9(2)25-16(22)14-10(3)20-17-18-7-19-21(17)15(14)11-4-5-12-13(6-11)24-8-23-12/h4-7,9,15H,8H2,1-3H3,(H,18,19,20)/t15-/m1/s1. The van der Waals surface area contributed by atoms with E-state index in [4.69, 9.17) is 14.2 Å². The van der Waals surface area contributed by atoms with E-state index in [2.05, 4.69) is 15.4 Å². The lowest BCUT2D eigenvalue weighted by atomic mass is 9.95. The van der Waals surface area contributed by atoms with Gasteiger partial charge in [0.25, 0.3) is 0 Å². The maximum atomic E-state index is 12.7. The fraction of sp³-hybridized carbons (Fsp3) is 0.353. The van der Waals surface area contributed by atoms with Crippen LogP contribution in [0.15, 0.2) is 35.8 Å². The first-order chi connectivity index (χ1) is 12.0. The number of nitrogens with one attached hydrogen (secondary N) is 1. The Morgan fingerprint density at radius 1 is 1.36 bits per heavy atom. The summed E-state index contributed by atoms with van der Waals surface area (Å²) in [6, 6.07) is 5.13. The molecule has 1 atom stereocenters. The van der Waals surface area contributed by atoms with Gasteiger partial charge in [-0.25, -0.2) is 9.48 Å². The van der Waals surface area contributed by atoms with Crippen LogP contribution in [0.1, 0.15) is 32.4 Å². The summed E-state index contributed by atoms with van der Waals surface area (Å²) in [7, 11) is 0. The van der Waals surface area contributed by atoms with Gasteiger partial charge in [0.1, 0.15) is 12.4 Å². The maximum Gasteiger partial charge on any atom is 0.338 e. The molecular formula is C17H18N4O4. The average molecular weight is 342 g/mol. The summed E-state index contributed by atoms with van der Waals surface area (Å²) in [6.45, 7) is 5.66. The molecule has 0 saturated carbocycles. The fourth-order valence-electron chi connectivity index (χ4n) is 3.02. The molecule has 0 bridgehead atoms. The maximum absolute atomic E-state index is 12.7. The second-order valence-corrected chi connectivity index (χ2v) is 6.16. The third-order valence-corrected chi connectivity index (χ3v) is 4.07. The highest BCUT2D eigenvalue weighted by atomic mass is 16.7. The van der Waals surface area contributed by atoms with Gasteiger partial charge in [0.2, 0.25) is 12.7 Å². The van der Waals surface area contributed by atoms with Crippen LogP contribution >= 0.6 is 0 Å². The lowest BCUT2D eigenvalue weighted by Crippen LogP contribution is -2.30. The van der Waals surface area contributed by atoms with Gasteiger partial charge in [0.15, 0.2) is 11.5 Å². The quantitative estimate of drug-likeness (QED) is 0.856. The van der Waals surface area contributed by atoms with Gasteiger partial charge in [-0.05, 0) is 38.5 Å². The van der Waals surface area contributed by atoms with Crippen molar-refractivity contribution in [2.24, 2.45) is 0 Å². The number of anilines is 1. The van der Waals surface area contributed by atoms with Gasteiger partial charge in [-0.1, -0.05) is 6.07 Å². The number of allylic oxidation sites excluding steroid dienone is 1. The third-order valence-electron chi connectivity index (χ3n) is 4.07. The third kappa shape index (κ3) is 2.59. The van der Waals surface area contributed by atoms with Crippen molar-refractivity contribution < 1.29 is 19.0 Å². The Morgan fingerprint density at radius 3 is 2.96 bits per heavy atom. The zero-order valence-corrected chi connectivity index (χ0v) is 14.1. The minimum Gasteiger partial charge on any atom is -0.459 e. The molecule has 0 fully saturated rings. The Balaban J connectivity index is 1.82. The summed E-state index contributed by atoms with van der Waals surface area (Å²) >= 11 is 0. The van der Waals surface area contributed by atoms with E-state index in [9.17, 15) is 4.79 Å². The minimum absolute atomic E-state index is 0.191. The first kappa shape index (κ1) is 15.5. The average Bonchev–Trinajstić information content (AvgIpc) is 3.20. The molecule has 8 nitrogen and oxygen atoms in total. The second-order valence-electron chi connectivity index (χ2n) is 6.16. The molecule has 1 N–H and O–H groups in total. The normalized spacial score (nSPS) is 18.2. The van der Waals surface area contributed by atoms with Crippen molar-refractivity contribution in [2.75, 3.05) is 12.1 Å². The van der Waals surface area contributed by atoms with E-state index in [1.54, 1.807) is 4.68 Å². The summed E-state index contributed by atoms with van der Waals surface area (Å²) in [6.07, 6.45) is 1.23. The molecular weight excluding hydrogens is 324 g/mol. The van der Waals surface area contributed by atoms with Crippen LogP contribution in [0.4, 0.5) is 5.95 Å². The van der Waals surface area contributed by atoms with Gasteiger partial charge in [-0.3, -0.25) is 0 Å². The van der Waals surface area contributed by atoms with Gasteiger partial charge in [-0.2, -0.15) is 10.1 Å². The van der Waals surface area contributed by atoms with Crippen molar-refractivity contribution in [2.45, 2.75) is 32.9 Å². The van der Waals surface area contributed by atoms with E-state index >= 15 is 0 Å². The van der Waals surface area contributed by atoms with Crippen molar-refractivity contribution in [1.82, 2.24) is 14.8 Å². The van der Waals surface area contributed by atoms with E-state index in [1.807, 2.05) is 39.0 Å². The van der Waals surface area contributed by atoms with Crippen LogP contribution in [0.3, 0.4) is 0 Å². The first-order valence-electron chi connectivity index (χ1n) is 8.02. The number of esters is 1. The Hall–Kier alpha value is -3.03. The van der Waals surface area contributed by atoms with E-state index in [1.165, 1.54) is 6.33 Å². The molecule has 8 heteroatoms. The Kier molecular flexibility index (Phi) is 3.60. The van der Waals surface area contributed by atoms with Crippen LogP contribution in [0.25, 0.3) is 0 Å². The molecule has 0 spiro atoms. The lowest BCUT2D eigenvalue weighted by molar-refractivity contribution is -0.143. The molecule has 0 amide bonds. The van der Waals surface area contributed by atoms with E-state index in [0.29, 0.717) is 28.7 Å². The van der Waals surface area contributed by atoms with Crippen LogP contribution in [-0.2, 0) is 9.53 Å². The predicted molar refractivity (Wildman–Crippen MR) is 88.3 cm³/mol. The molecule has 25 heavy (non-hydrogen) atoms. The first-order valence-corrected chi connectivity index (χ1v) is 8.02. The smallest absolute Gasteiger partial charge is 0.338 e. The molecule has 1 aromatic heterocycles. The molecule has 0 aliphatic carbocycles. The van der Waals surface area contributed by atoms with Crippen LogP contribution in [0.2, 0.25) is 0 Å².